The number of carboxylic acid groups (broad SMARTS) is 1. The normalized spacial score (nSPS) is 33.7. The summed E-state index contributed by atoms with van der Waals surface area (Å²) in [6, 6.07) is 0. The Balaban J connectivity index is 2.39. The molecular weight excluding hydrogens is 128 g/mol. The average molecular weight is 142 g/mol. The number of hydrogen-bond acceptors (Lipinski definition) is 1. The van der Waals surface area contributed by atoms with Crippen LogP contribution in [0.4, 0.5) is 0 Å². The monoisotopic (exact) mass is 142 g/mol. The van der Waals surface area contributed by atoms with E-state index in [1.54, 1.807) is 0 Å². The van der Waals surface area contributed by atoms with Crippen LogP contribution in [-0.2, 0) is 4.79 Å². The third-order valence-corrected chi connectivity index (χ3v) is 2.29. The van der Waals surface area contributed by atoms with Crippen molar-refractivity contribution in [1.29, 1.82) is 0 Å². The van der Waals surface area contributed by atoms with E-state index in [1.165, 1.54) is 6.42 Å². The van der Waals surface area contributed by atoms with Crippen molar-refractivity contribution in [3.8, 4) is 0 Å². The van der Waals surface area contributed by atoms with Gasteiger partial charge in [0.25, 0.3) is 0 Å². The summed E-state index contributed by atoms with van der Waals surface area (Å²) in [5.41, 5.74) is 0. The highest BCUT2D eigenvalue weighted by Gasteiger charge is 2.23. The first-order chi connectivity index (χ1) is 4.70. The van der Waals surface area contributed by atoms with Crippen LogP contribution < -0.4 is 0 Å². The topological polar surface area (TPSA) is 37.3 Å². The lowest BCUT2D eigenvalue weighted by atomic mass is 9.83. The first-order valence-corrected chi connectivity index (χ1v) is 3.93. The molecule has 58 valence electrons. The number of rotatable bonds is 1. The summed E-state index contributed by atoms with van der Waals surface area (Å²) < 4.78 is 0. The molecule has 1 rings (SSSR count). The summed E-state index contributed by atoms with van der Waals surface area (Å²) >= 11 is 0. The molecule has 0 bridgehead atoms. The van der Waals surface area contributed by atoms with Gasteiger partial charge in [0.1, 0.15) is 0 Å². The summed E-state index contributed by atoms with van der Waals surface area (Å²) in [4.78, 5) is 10.5. The minimum absolute atomic E-state index is 0.0521. The van der Waals surface area contributed by atoms with Gasteiger partial charge < -0.3 is 5.11 Å². The van der Waals surface area contributed by atoms with Crippen molar-refractivity contribution in [2.75, 3.05) is 0 Å². The molecule has 0 radical (unpaired) electrons. The van der Waals surface area contributed by atoms with Crippen LogP contribution in [0.25, 0.3) is 0 Å². The van der Waals surface area contributed by atoms with Crippen molar-refractivity contribution in [2.24, 2.45) is 11.8 Å². The fourth-order valence-corrected chi connectivity index (χ4v) is 1.66. The Bertz CT molecular complexity index is 131. The molecule has 1 aliphatic carbocycles. The van der Waals surface area contributed by atoms with Crippen molar-refractivity contribution in [1.82, 2.24) is 0 Å². The Labute approximate surface area is 61.2 Å². The lowest BCUT2D eigenvalue weighted by molar-refractivity contribution is -0.143. The SMILES string of the molecule is C[C@H]1CCCC(C(=O)O)C1. The Morgan fingerprint density at radius 1 is 1.50 bits per heavy atom. The predicted molar refractivity (Wildman–Crippen MR) is 38.8 cm³/mol. The van der Waals surface area contributed by atoms with Gasteiger partial charge in [0.2, 0.25) is 0 Å². The average Bonchev–Trinajstić information content (AvgIpc) is 1.88. The second kappa shape index (κ2) is 3.04. The van der Waals surface area contributed by atoms with Crippen molar-refractivity contribution in [2.45, 2.75) is 32.6 Å². The van der Waals surface area contributed by atoms with Crippen LogP contribution >= 0.6 is 0 Å². The van der Waals surface area contributed by atoms with Gasteiger partial charge in [-0.2, -0.15) is 0 Å². The molecule has 1 aliphatic rings. The third-order valence-electron chi connectivity index (χ3n) is 2.29. The van der Waals surface area contributed by atoms with Crippen LogP contribution in [0.3, 0.4) is 0 Å². The van der Waals surface area contributed by atoms with E-state index >= 15 is 0 Å². The molecule has 2 atom stereocenters. The van der Waals surface area contributed by atoms with Crippen LogP contribution in [0.2, 0.25) is 0 Å². The quantitative estimate of drug-likeness (QED) is 0.607. The first-order valence-electron chi connectivity index (χ1n) is 3.93. The standard InChI is InChI=1S/C8H14O2/c1-6-3-2-4-7(5-6)8(9)10/h6-7H,2-5H2,1H3,(H,9,10)/t6-,7?/m0/s1. The Morgan fingerprint density at radius 3 is 2.60 bits per heavy atom. The molecule has 2 nitrogen and oxygen atoms in total. The van der Waals surface area contributed by atoms with E-state index in [1.807, 2.05) is 0 Å². The number of aliphatic carboxylic acids is 1. The summed E-state index contributed by atoms with van der Waals surface area (Å²) in [6.45, 7) is 2.13. The van der Waals surface area contributed by atoms with Crippen molar-refractivity contribution >= 4 is 5.97 Å². The highest BCUT2D eigenvalue weighted by atomic mass is 16.4. The van der Waals surface area contributed by atoms with Crippen LogP contribution in [0, 0.1) is 11.8 Å². The Morgan fingerprint density at radius 2 is 2.20 bits per heavy atom. The van der Waals surface area contributed by atoms with E-state index in [0.717, 1.165) is 19.3 Å². The summed E-state index contributed by atoms with van der Waals surface area (Å²) in [5, 5.41) is 8.66. The fraction of sp³-hybridized carbons (Fsp3) is 0.875. The molecule has 0 aromatic rings. The smallest absolute Gasteiger partial charge is 0.306 e. The number of hydrogen-bond donors (Lipinski definition) is 1. The highest BCUT2D eigenvalue weighted by Crippen LogP contribution is 2.28. The van der Waals surface area contributed by atoms with Crippen LogP contribution in [-0.4, -0.2) is 11.1 Å². The maximum absolute atomic E-state index is 10.5. The van der Waals surface area contributed by atoms with Gasteiger partial charge in [0.05, 0.1) is 5.92 Å². The van der Waals surface area contributed by atoms with E-state index in [0.29, 0.717) is 5.92 Å². The first kappa shape index (κ1) is 7.58. The molecule has 2 heteroatoms. The zero-order valence-corrected chi connectivity index (χ0v) is 6.34. The molecule has 1 N–H and O–H groups in total. The van der Waals surface area contributed by atoms with Crippen LogP contribution in [0.1, 0.15) is 32.6 Å². The minimum Gasteiger partial charge on any atom is -0.481 e. The fourth-order valence-electron chi connectivity index (χ4n) is 1.66. The lowest BCUT2D eigenvalue weighted by Crippen LogP contribution is -2.20. The van der Waals surface area contributed by atoms with E-state index < -0.39 is 5.97 Å². The molecule has 1 saturated carbocycles. The molecule has 0 saturated heterocycles. The molecule has 0 spiro atoms. The summed E-state index contributed by atoms with van der Waals surface area (Å²) in [5.74, 6) is -0.0369. The van der Waals surface area contributed by atoms with E-state index in [9.17, 15) is 4.79 Å². The molecule has 0 amide bonds. The Hall–Kier alpha value is -0.530. The maximum Gasteiger partial charge on any atom is 0.306 e. The van der Waals surface area contributed by atoms with Gasteiger partial charge in [-0.3, -0.25) is 4.79 Å². The van der Waals surface area contributed by atoms with E-state index in [-0.39, 0.29) is 5.92 Å². The third kappa shape index (κ3) is 1.72. The van der Waals surface area contributed by atoms with Gasteiger partial charge in [-0.25, -0.2) is 0 Å². The molecule has 1 fully saturated rings. The zero-order valence-electron chi connectivity index (χ0n) is 6.34. The largest absolute Gasteiger partial charge is 0.481 e. The summed E-state index contributed by atoms with van der Waals surface area (Å²) in [6.07, 6.45) is 4.08. The lowest BCUT2D eigenvalue weighted by Gasteiger charge is -2.22. The maximum atomic E-state index is 10.5. The second-order valence-electron chi connectivity index (χ2n) is 3.31. The van der Waals surface area contributed by atoms with E-state index in [2.05, 4.69) is 6.92 Å². The molecular formula is C8H14O2. The minimum atomic E-state index is -0.605. The van der Waals surface area contributed by atoms with Gasteiger partial charge in [-0.05, 0) is 18.8 Å². The molecule has 0 heterocycles. The predicted octanol–water partition coefficient (Wildman–Crippen LogP) is 1.90. The van der Waals surface area contributed by atoms with Crippen molar-refractivity contribution in [3.63, 3.8) is 0 Å². The highest BCUT2D eigenvalue weighted by molar-refractivity contribution is 5.70. The van der Waals surface area contributed by atoms with Gasteiger partial charge in [-0.15, -0.1) is 0 Å². The zero-order chi connectivity index (χ0) is 7.56. The molecule has 10 heavy (non-hydrogen) atoms. The number of carboxylic acids is 1. The van der Waals surface area contributed by atoms with Crippen molar-refractivity contribution < 1.29 is 9.90 Å². The molecule has 0 aromatic carbocycles. The molecule has 0 aliphatic heterocycles. The van der Waals surface area contributed by atoms with Crippen molar-refractivity contribution in [3.05, 3.63) is 0 Å². The van der Waals surface area contributed by atoms with E-state index in [4.69, 9.17) is 5.11 Å². The van der Waals surface area contributed by atoms with Gasteiger partial charge in [-0.1, -0.05) is 19.8 Å². The molecule has 1 unspecified atom stereocenters. The Kier molecular flexibility index (Phi) is 2.30. The van der Waals surface area contributed by atoms with Gasteiger partial charge in [0, 0.05) is 0 Å². The van der Waals surface area contributed by atoms with Crippen LogP contribution in [0.5, 0.6) is 0 Å². The second-order valence-corrected chi connectivity index (χ2v) is 3.31. The summed E-state index contributed by atoms with van der Waals surface area (Å²) in [7, 11) is 0. The van der Waals surface area contributed by atoms with Crippen LogP contribution in [0.15, 0.2) is 0 Å². The van der Waals surface area contributed by atoms with Gasteiger partial charge in [0.15, 0.2) is 0 Å². The van der Waals surface area contributed by atoms with Gasteiger partial charge >= 0.3 is 5.97 Å². The number of carbonyl (C=O) groups is 1. The molecule has 0 aromatic heterocycles.